The van der Waals surface area contributed by atoms with E-state index in [1.54, 1.807) is 0 Å². The van der Waals surface area contributed by atoms with Gasteiger partial charge < -0.3 is 9.88 Å². The Morgan fingerprint density at radius 3 is 2.52 bits per heavy atom. The third kappa shape index (κ3) is 3.24. The minimum absolute atomic E-state index is 0.0144. The molecule has 0 unspecified atom stereocenters. The highest BCUT2D eigenvalue weighted by Gasteiger charge is 2.11. The lowest BCUT2D eigenvalue weighted by Crippen LogP contribution is -2.16. The van der Waals surface area contributed by atoms with E-state index >= 15 is 0 Å². The number of nitrogens with one attached hydrogen (secondary N) is 1. The fourth-order valence-electron chi connectivity index (χ4n) is 2.57. The summed E-state index contributed by atoms with van der Waals surface area (Å²) in [6.45, 7) is 4.00. The number of aryl methyl sites for hydroxylation is 3. The Hall–Kier alpha value is -2.27. The number of carbonyl (C=O) groups is 1. The number of imidazole rings is 1. The van der Waals surface area contributed by atoms with Crippen LogP contribution in [-0.2, 0) is 11.8 Å². The molecular formula is C18H19N3OS. The Morgan fingerprint density at radius 1 is 1.13 bits per heavy atom. The number of amides is 1. The van der Waals surface area contributed by atoms with Crippen LogP contribution in [0.5, 0.6) is 0 Å². The normalized spacial score (nSPS) is 10.9. The number of fused-ring (bicyclic) bond motifs is 1. The number of anilines is 1. The van der Waals surface area contributed by atoms with Crippen LogP contribution in [-0.4, -0.2) is 21.2 Å². The summed E-state index contributed by atoms with van der Waals surface area (Å²) >= 11 is 1.45. The molecule has 2 aromatic carbocycles. The summed E-state index contributed by atoms with van der Waals surface area (Å²) in [6, 6.07) is 14.0. The Kier molecular flexibility index (Phi) is 4.39. The summed E-state index contributed by atoms with van der Waals surface area (Å²) in [5.41, 5.74) is 5.08. The fraction of sp³-hybridized carbons (Fsp3) is 0.222. The van der Waals surface area contributed by atoms with Crippen molar-refractivity contribution in [3.05, 3.63) is 53.6 Å². The molecule has 0 saturated carbocycles. The molecule has 0 bridgehead atoms. The van der Waals surface area contributed by atoms with Gasteiger partial charge in [0.25, 0.3) is 0 Å². The molecule has 0 atom stereocenters. The largest absolute Gasteiger partial charge is 0.325 e. The lowest BCUT2D eigenvalue weighted by molar-refractivity contribution is -0.113. The van der Waals surface area contributed by atoms with Crippen molar-refractivity contribution in [1.29, 1.82) is 0 Å². The smallest absolute Gasteiger partial charge is 0.234 e. The van der Waals surface area contributed by atoms with Crippen molar-refractivity contribution in [1.82, 2.24) is 9.55 Å². The molecule has 0 aliphatic carbocycles. The van der Waals surface area contributed by atoms with Gasteiger partial charge in [-0.1, -0.05) is 42.1 Å². The lowest BCUT2D eigenvalue weighted by Gasteiger charge is -2.11. The average Bonchev–Trinajstić information content (AvgIpc) is 2.86. The minimum Gasteiger partial charge on any atom is -0.325 e. The number of hydrogen-bond acceptors (Lipinski definition) is 3. The van der Waals surface area contributed by atoms with Gasteiger partial charge >= 0.3 is 0 Å². The highest BCUT2D eigenvalue weighted by molar-refractivity contribution is 7.99. The number of thioether (sulfide) groups is 1. The quantitative estimate of drug-likeness (QED) is 0.740. The molecule has 1 amide bonds. The SMILES string of the molecule is Cc1cccc(C)c1NC(=O)CSc1nc2ccccc2n1C. The molecule has 3 rings (SSSR count). The summed E-state index contributed by atoms with van der Waals surface area (Å²) in [7, 11) is 1.97. The van der Waals surface area contributed by atoms with Gasteiger partial charge in [0, 0.05) is 12.7 Å². The monoisotopic (exact) mass is 325 g/mol. The Morgan fingerprint density at radius 2 is 1.83 bits per heavy atom. The molecule has 23 heavy (non-hydrogen) atoms. The maximum absolute atomic E-state index is 12.2. The number of carbonyl (C=O) groups excluding carboxylic acids is 1. The summed E-state index contributed by atoms with van der Waals surface area (Å²) in [5.74, 6) is 0.324. The van der Waals surface area contributed by atoms with E-state index in [0.717, 1.165) is 33.0 Å². The van der Waals surface area contributed by atoms with Crippen molar-refractivity contribution in [3.8, 4) is 0 Å². The predicted octanol–water partition coefficient (Wildman–Crippen LogP) is 3.92. The van der Waals surface area contributed by atoms with E-state index in [4.69, 9.17) is 0 Å². The average molecular weight is 325 g/mol. The van der Waals surface area contributed by atoms with E-state index in [1.165, 1.54) is 11.8 Å². The molecule has 0 aliphatic rings. The molecule has 0 radical (unpaired) electrons. The molecule has 5 heteroatoms. The van der Waals surface area contributed by atoms with E-state index in [9.17, 15) is 4.79 Å². The van der Waals surface area contributed by atoms with Gasteiger partial charge in [0.2, 0.25) is 5.91 Å². The van der Waals surface area contributed by atoms with Crippen molar-refractivity contribution in [2.45, 2.75) is 19.0 Å². The highest BCUT2D eigenvalue weighted by Crippen LogP contribution is 2.24. The van der Waals surface area contributed by atoms with E-state index in [0.29, 0.717) is 5.75 Å². The first-order valence-corrected chi connectivity index (χ1v) is 8.45. The lowest BCUT2D eigenvalue weighted by atomic mass is 10.1. The van der Waals surface area contributed by atoms with Crippen LogP contribution in [0.3, 0.4) is 0 Å². The second-order valence-electron chi connectivity index (χ2n) is 5.55. The molecular weight excluding hydrogens is 306 g/mol. The Labute approximate surface area is 139 Å². The van der Waals surface area contributed by atoms with Crippen LogP contribution in [0.1, 0.15) is 11.1 Å². The van der Waals surface area contributed by atoms with Crippen molar-refractivity contribution >= 4 is 34.4 Å². The van der Waals surface area contributed by atoms with Gasteiger partial charge in [0.15, 0.2) is 5.16 Å². The number of para-hydroxylation sites is 3. The van der Waals surface area contributed by atoms with Crippen LogP contribution in [0.2, 0.25) is 0 Å². The van der Waals surface area contributed by atoms with Crippen LogP contribution in [0.4, 0.5) is 5.69 Å². The van der Waals surface area contributed by atoms with Crippen LogP contribution in [0.15, 0.2) is 47.6 Å². The van der Waals surface area contributed by atoms with Crippen LogP contribution >= 0.6 is 11.8 Å². The summed E-state index contributed by atoms with van der Waals surface area (Å²) in [5, 5.41) is 3.86. The van der Waals surface area contributed by atoms with Gasteiger partial charge in [-0.3, -0.25) is 4.79 Å². The second-order valence-corrected chi connectivity index (χ2v) is 6.49. The maximum Gasteiger partial charge on any atom is 0.234 e. The van der Waals surface area contributed by atoms with Crippen molar-refractivity contribution in [2.24, 2.45) is 7.05 Å². The fourth-order valence-corrected chi connectivity index (χ4v) is 3.36. The Balaban J connectivity index is 1.70. The zero-order chi connectivity index (χ0) is 16.4. The Bertz CT molecular complexity index is 850. The highest BCUT2D eigenvalue weighted by atomic mass is 32.2. The maximum atomic E-state index is 12.2. The van der Waals surface area contributed by atoms with Crippen LogP contribution in [0, 0.1) is 13.8 Å². The van der Waals surface area contributed by atoms with Crippen molar-refractivity contribution in [3.63, 3.8) is 0 Å². The van der Waals surface area contributed by atoms with Crippen molar-refractivity contribution in [2.75, 3.05) is 11.1 Å². The van der Waals surface area contributed by atoms with Gasteiger partial charge in [-0.15, -0.1) is 0 Å². The third-order valence-electron chi connectivity index (χ3n) is 3.82. The predicted molar refractivity (Wildman–Crippen MR) is 96.0 cm³/mol. The topological polar surface area (TPSA) is 46.9 Å². The number of aromatic nitrogens is 2. The summed E-state index contributed by atoms with van der Waals surface area (Å²) in [6.07, 6.45) is 0. The third-order valence-corrected chi connectivity index (χ3v) is 4.85. The molecule has 1 aromatic heterocycles. The van der Waals surface area contributed by atoms with Gasteiger partial charge in [-0.2, -0.15) is 0 Å². The molecule has 4 nitrogen and oxygen atoms in total. The standard InChI is InChI=1S/C18H19N3OS/c1-12-7-6-8-13(2)17(12)20-16(22)11-23-18-19-14-9-4-5-10-15(14)21(18)3/h4-10H,11H2,1-3H3,(H,20,22). The van der Waals surface area contributed by atoms with Crippen molar-refractivity contribution < 1.29 is 4.79 Å². The van der Waals surface area contributed by atoms with Gasteiger partial charge in [-0.25, -0.2) is 4.98 Å². The van der Waals surface area contributed by atoms with Crippen LogP contribution in [0.25, 0.3) is 11.0 Å². The van der Waals surface area contributed by atoms with Gasteiger partial charge in [0.1, 0.15) is 0 Å². The molecule has 3 aromatic rings. The van der Waals surface area contributed by atoms with Crippen LogP contribution < -0.4 is 5.32 Å². The minimum atomic E-state index is -0.0144. The first-order valence-electron chi connectivity index (χ1n) is 7.46. The summed E-state index contributed by atoms with van der Waals surface area (Å²) < 4.78 is 2.02. The molecule has 0 saturated heterocycles. The summed E-state index contributed by atoms with van der Waals surface area (Å²) in [4.78, 5) is 16.8. The molecule has 1 heterocycles. The van der Waals surface area contributed by atoms with E-state index in [-0.39, 0.29) is 5.91 Å². The first kappa shape index (κ1) is 15.6. The molecule has 1 N–H and O–H groups in total. The zero-order valence-corrected chi connectivity index (χ0v) is 14.3. The van der Waals surface area contributed by atoms with E-state index in [2.05, 4.69) is 10.3 Å². The number of rotatable bonds is 4. The van der Waals surface area contributed by atoms with E-state index < -0.39 is 0 Å². The molecule has 0 fully saturated rings. The number of hydrogen-bond donors (Lipinski definition) is 1. The molecule has 118 valence electrons. The molecule has 0 aliphatic heterocycles. The molecule has 0 spiro atoms. The second kappa shape index (κ2) is 6.46. The van der Waals surface area contributed by atoms with Gasteiger partial charge in [0.05, 0.1) is 16.8 Å². The number of nitrogens with zero attached hydrogens (tertiary/aromatic N) is 2. The van der Waals surface area contributed by atoms with Gasteiger partial charge in [-0.05, 0) is 37.1 Å². The van der Waals surface area contributed by atoms with E-state index in [1.807, 2.05) is 67.9 Å². The zero-order valence-electron chi connectivity index (χ0n) is 13.5. The first-order chi connectivity index (χ1) is 11.1. The number of benzene rings is 2.